The molecule has 1 atom stereocenters. The number of nitrogens with zero attached hydrogens (tertiary/aromatic N) is 2. The third-order valence-electron chi connectivity index (χ3n) is 6.33. The number of carbonyl (C=O) groups is 2. The maximum atomic E-state index is 13.5. The molecule has 1 saturated heterocycles. The molecule has 0 radical (unpaired) electrons. The van der Waals surface area contributed by atoms with Crippen LogP contribution >= 0.6 is 11.8 Å². The van der Waals surface area contributed by atoms with Crippen LogP contribution in [0.1, 0.15) is 39.7 Å². The van der Waals surface area contributed by atoms with E-state index >= 15 is 0 Å². The second-order valence-electron chi connectivity index (χ2n) is 10.5. The summed E-state index contributed by atoms with van der Waals surface area (Å²) in [4.78, 5) is 29.8. The van der Waals surface area contributed by atoms with Crippen molar-refractivity contribution in [3.8, 4) is 17.2 Å². The fraction of sp³-hybridized carbons (Fsp3) is 0.375. The summed E-state index contributed by atoms with van der Waals surface area (Å²) in [5.41, 5.74) is 1.07. The van der Waals surface area contributed by atoms with Crippen molar-refractivity contribution in [3.63, 3.8) is 0 Å². The number of benzene rings is 3. The Hall–Kier alpha value is -3.65. The molecule has 0 aliphatic carbocycles. The van der Waals surface area contributed by atoms with Crippen LogP contribution in [0.5, 0.6) is 17.2 Å². The van der Waals surface area contributed by atoms with Crippen molar-refractivity contribution < 1.29 is 23.8 Å². The number of carbonyl (C=O) groups excluding carboxylic acids is 2. The molecule has 1 aliphatic heterocycles. The van der Waals surface area contributed by atoms with Crippen LogP contribution in [0.25, 0.3) is 0 Å². The second kappa shape index (κ2) is 13.6. The van der Waals surface area contributed by atoms with E-state index in [9.17, 15) is 9.59 Å². The van der Waals surface area contributed by atoms with Crippen molar-refractivity contribution in [2.24, 2.45) is 0 Å². The first-order chi connectivity index (χ1) is 19.2. The lowest BCUT2D eigenvalue weighted by Crippen LogP contribution is -2.59. The molecule has 7 nitrogen and oxygen atoms in total. The van der Waals surface area contributed by atoms with Crippen LogP contribution in [0, 0.1) is 0 Å². The number of hydrogen-bond acceptors (Lipinski definition) is 6. The zero-order chi connectivity index (χ0) is 28.5. The molecule has 1 heterocycles. The lowest BCUT2D eigenvalue weighted by Gasteiger charge is -2.41. The van der Waals surface area contributed by atoms with E-state index in [1.165, 1.54) is 0 Å². The Labute approximate surface area is 241 Å². The highest BCUT2D eigenvalue weighted by molar-refractivity contribution is 7.99. The Balaban J connectivity index is 1.55. The molecule has 2 amide bonds. The molecule has 3 aromatic carbocycles. The Morgan fingerprint density at radius 1 is 0.925 bits per heavy atom. The quantitative estimate of drug-likeness (QED) is 0.244. The summed E-state index contributed by atoms with van der Waals surface area (Å²) in [6.45, 7) is 8.32. The summed E-state index contributed by atoms with van der Waals surface area (Å²) >= 11 is 1.82. The van der Waals surface area contributed by atoms with Crippen molar-refractivity contribution in [1.82, 2.24) is 4.90 Å². The highest BCUT2D eigenvalue weighted by atomic mass is 32.2. The third kappa shape index (κ3) is 7.94. The lowest BCUT2D eigenvalue weighted by atomic mass is 10.1. The summed E-state index contributed by atoms with van der Waals surface area (Å²) in [5.74, 6) is 3.39. The van der Waals surface area contributed by atoms with Crippen molar-refractivity contribution in [2.75, 3.05) is 29.5 Å². The minimum absolute atomic E-state index is 0.0541. The number of amides is 2. The highest BCUT2D eigenvalue weighted by Gasteiger charge is 2.38. The monoisotopic (exact) mass is 562 g/mol. The van der Waals surface area contributed by atoms with Gasteiger partial charge in [0.15, 0.2) is 17.2 Å². The molecule has 4 rings (SSSR count). The van der Waals surface area contributed by atoms with Gasteiger partial charge < -0.3 is 19.1 Å². The largest absolute Gasteiger partial charge is 0.485 e. The molecule has 8 heteroatoms. The second-order valence-corrected chi connectivity index (χ2v) is 11.9. The van der Waals surface area contributed by atoms with Gasteiger partial charge in [0.1, 0.15) is 18.8 Å². The van der Waals surface area contributed by atoms with Crippen LogP contribution < -0.4 is 14.4 Å². The van der Waals surface area contributed by atoms with E-state index in [0.29, 0.717) is 36.1 Å². The Kier molecular flexibility index (Phi) is 9.98. The number of piperazine rings is 1. The molecule has 40 heavy (non-hydrogen) atoms. The van der Waals surface area contributed by atoms with Crippen LogP contribution in [0.3, 0.4) is 0 Å². The first kappa shape index (κ1) is 29.3. The van der Waals surface area contributed by atoms with E-state index in [-0.39, 0.29) is 18.5 Å². The van der Waals surface area contributed by atoms with E-state index in [1.807, 2.05) is 111 Å². The predicted octanol–water partition coefficient (Wildman–Crippen LogP) is 7.15. The number of rotatable bonds is 10. The first-order valence-corrected chi connectivity index (χ1v) is 14.8. The van der Waals surface area contributed by atoms with Crippen molar-refractivity contribution in [1.29, 1.82) is 0 Å². The van der Waals surface area contributed by atoms with Crippen molar-refractivity contribution in [2.45, 2.75) is 52.4 Å². The van der Waals surface area contributed by atoms with Crippen molar-refractivity contribution in [3.05, 3.63) is 84.4 Å². The van der Waals surface area contributed by atoms with Gasteiger partial charge in [0.25, 0.3) is 0 Å². The van der Waals surface area contributed by atoms with Gasteiger partial charge in [-0.15, -0.1) is 0 Å². The molecule has 0 saturated carbocycles. The summed E-state index contributed by atoms with van der Waals surface area (Å²) in [6, 6.07) is 24.8. The number of para-hydroxylation sites is 4. The molecule has 0 spiro atoms. The maximum absolute atomic E-state index is 13.5. The SMILES string of the molecule is CCSCC[C@H]1CN(c2ccccc2Oc2ccccc2OCc2ccccc2)C(=O)CN1C(=O)OC(C)(C)C. The molecule has 0 aromatic heterocycles. The number of ether oxygens (including phenoxy) is 3. The molecule has 212 valence electrons. The predicted molar refractivity (Wildman–Crippen MR) is 160 cm³/mol. The minimum atomic E-state index is -0.642. The smallest absolute Gasteiger partial charge is 0.411 e. The van der Waals surface area contributed by atoms with Crippen LogP contribution in [0.15, 0.2) is 78.9 Å². The molecular weight excluding hydrogens is 524 g/mol. The zero-order valence-electron chi connectivity index (χ0n) is 23.7. The topological polar surface area (TPSA) is 68.3 Å². The standard InChI is InChI=1S/C32H38N2O5S/c1-5-40-20-19-25-21-34(30(35)22-33(25)31(36)39-32(2,3)4)26-15-9-10-16-27(26)38-29-18-12-11-17-28(29)37-23-24-13-7-6-8-14-24/h6-18,25H,5,19-23H2,1-4H3/t25-/m0/s1. The van der Waals surface area contributed by atoms with E-state index in [4.69, 9.17) is 14.2 Å². The molecule has 0 N–H and O–H groups in total. The van der Waals surface area contributed by atoms with Gasteiger partial charge in [-0.1, -0.05) is 61.5 Å². The van der Waals surface area contributed by atoms with E-state index in [1.54, 1.807) is 9.80 Å². The molecular formula is C32H38N2O5S. The number of thioether (sulfide) groups is 1. The first-order valence-electron chi connectivity index (χ1n) is 13.7. The van der Waals surface area contributed by atoms with Gasteiger partial charge in [-0.2, -0.15) is 11.8 Å². The van der Waals surface area contributed by atoms with Gasteiger partial charge in [-0.3, -0.25) is 9.69 Å². The normalized spacial score (nSPS) is 15.6. The number of hydrogen-bond donors (Lipinski definition) is 0. The third-order valence-corrected chi connectivity index (χ3v) is 7.26. The average molecular weight is 563 g/mol. The molecule has 1 fully saturated rings. The fourth-order valence-corrected chi connectivity index (χ4v) is 5.15. The van der Waals surface area contributed by atoms with Crippen LogP contribution in [-0.4, -0.2) is 53.1 Å². The molecule has 0 bridgehead atoms. The van der Waals surface area contributed by atoms with Crippen LogP contribution in [0.2, 0.25) is 0 Å². The lowest BCUT2D eigenvalue weighted by molar-refractivity contribution is -0.122. The molecule has 3 aromatic rings. The summed E-state index contributed by atoms with van der Waals surface area (Å²) in [5, 5.41) is 0. The van der Waals surface area contributed by atoms with Gasteiger partial charge in [0, 0.05) is 6.54 Å². The van der Waals surface area contributed by atoms with E-state index in [2.05, 4.69) is 6.92 Å². The molecule has 1 aliphatic rings. The minimum Gasteiger partial charge on any atom is -0.485 e. The Bertz CT molecular complexity index is 1280. The average Bonchev–Trinajstić information content (AvgIpc) is 2.93. The van der Waals surface area contributed by atoms with Gasteiger partial charge >= 0.3 is 6.09 Å². The van der Waals surface area contributed by atoms with E-state index in [0.717, 1.165) is 23.5 Å². The summed E-state index contributed by atoms with van der Waals surface area (Å²) in [7, 11) is 0. The van der Waals surface area contributed by atoms with Gasteiger partial charge in [-0.25, -0.2) is 4.79 Å². The number of anilines is 1. The van der Waals surface area contributed by atoms with Gasteiger partial charge in [-0.05, 0) is 68.5 Å². The zero-order valence-corrected chi connectivity index (χ0v) is 24.5. The molecule has 0 unspecified atom stereocenters. The van der Waals surface area contributed by atoms with Gasteiger partial charge in [0.05, 0.1) is 11.7 Å². The summed E-state index contributed by atoms with van der Waals surface area (Å²) < 4.78 is 18.1. The van der Waals surface area contributed by atoms with E-state index < -0.39 is 11.7 Å². The maximum Gasteiger partial charge on any atom is 0.411 e. The fourth-order valence-electron chi connectivity index (χ4n) is 4.42. The highest BCUT2D eigenvalue weighted by Crippen LogP contribution is 2.38. The van der Waals surface area contributed by atoms with Crippen molar-refractivity contribution >= 4 is 29.4 Å². The van der Waals surface area contributed by atoms with Crippen LogP contribution in [-0.2, 0) is 16.1 Å². The van der Waals surface area contributed by atoms with Gasteiger partial charge in [0.2, 0.25) is 5.91 Å². The Morgan fingerprint density at radius 3 is 2.27 bits per heavy atom. The van der Waals surface area contributed by atoms with Crippen LogP contribution in [0.4, 0.5) is 10.5 Å². The summed E-state index contributed by atoms with van der Waals surface area (Å²) in [6.07, 6.45) is 0.293. The Morgan fingerprint density at radius 2 is 1.57 bits per heavy atom.